The largest absolute Gasteiger partial charge is 0.507 e. The van der Waals surface area contributed by atoms with Crippen LogP contribution in [0.2, 0.25) is 0 Å². The molecule has 1 fully saturated rings. The Morgan fingerprint density at radius 2 is 2.05 bits per heavy atom. The van der Waals surface area contributed by atoms with Crippen molar-refractivity contribution in [3.63, 3.8) is 0 Å². The zero-order valence-corrected chi connectivity index (χ0v) is 22.3. The van der Waals surface area contributed by atoms with Crippen molar-refractivity contribution in [2.24, 2.45) is 0 Å². The summed E-state index contributed by atoms with van der Waals surface area (Å²) in [6, 6.07) is 3.04. The van der Waals surface area contributed by atoms with Gasteiger partial charge in [0.05, 0.1) is 27.8 Å². The minimum Gasteiger partial charge on any atom is -0.507 e. The van der Waals surface area contributed by atoms with E-state index in [4.69, 9.17) is 9.60 Å². The first-order valence-corrected chi connectivity index (χ1v) is 12.5. The van der Waals surface area contributed by atoms with Crippen LogP contribution in [-0.2, 0) is 4.79 Å². The van der Waals surface area contributed by atoms with Crippen LogP contribution in [0.5, 0.6) is 5.75 Å². The first-order valence-electron chi connectivity index (χ1n) is 16.0. The molecule has 1 atom stereocenters. The maximum absolute atomic E-state index is 16.1. The molecule has 1 N–H and O–H groups in total. The standard InChI is InChI=1S/C30H30F2N6O3/c1-6-23(40)36-12-13-37(18(5)15-36)28-19-14-21(32)26(24-20(31)8-7-9-22(24)39)34-29(19)38(30(41)35-28)27-17(4)10-11-33-25(27)16(2)3/h6-11,14,16,18,39H,1,12-13,15H2,2-5H3/t18-/m0/s1/i5D3,13D2,15D2. The molecule has 212 valence electrons. The lowest BCUT2D eigenvalue weighted by atomic mass is 10.0. The summed E-state index contributed by atoms with van der Waals surface area (Å²) >= 11 is 0. The normalized spacial score (nSPS) is 20.8. The number of pyridine rings is 2. The molecule has 1 aliphatic heterocycles. The number of anilines is 1. The molecule has 0 unspecified atom stereocenters. The van der Waals surface area contributed by atoms with Crippen LogP contribution in [-0.4, -0.2) is 61.0 Å². The third kappa shape index (κ3) is 4.81. The second-order valence-electron chi connectivity index (χ2n) is 9.58. The highest BCUT2D eigenvalue weighted by molar-refractivity contribution is 5.91. The molecule has 3 aromatic heterocycles. The molecule has 0 spiro atoms. The number of nitrogens with zero attached hydrogens (tertiary/aromatic N) is 6. The second kappa shape index (κ2) is 10.7. The molecule has 4 heterocycles. The fourth-order valence-corrected chi connectivity index (χ4v) is 4.64. The van der Waals surface area contributed by atoms with Gasteiger partial charge >= 0.3 is 5.69 Å². The lowest BCUT2D eigenvalue weighted by molar-refractivity contribution is -0.126. The van der Waals surface area contributed by atoms with Gasteiger partial charge in [-0.05, 0) is 55.6 Å². The SMILES string of the molecule is [2H]C([2H])([2H])[C@@H]1N(c2nc(=O)n(-c3c(C)ccnc3C(C)C)c3nc(-c4c(O)cccc4F)c(F)cc23)C([2H])([2H])CN(C(=O)C=C)C1([2H])[2H]. The molecule has 1 aromatic carbocycles. The molecule has 9 nitrogen and oxygen atoms in total. The summed E-state index contributed by atoms with van der Waals surface area (Å²) in [5.74, 6) is -5.19. The Morgan fingerprint density at radius 3 is 2.73 bits per heavy atom. The van der Waals surface area contributed by atoms with Crippen LogP contribution in [0.15, 0.2) is 54.0 Å². The van der Waals surface area contributed by atoms with Gasteiger partial charge in [0.25, 0.3) is 0 Å². The number of carbonyl (C=O) groups is 1. The van der Waals surface area contributed by atoms with E-state index in [1.807, 2.05) is 0 Å². The third-order valence-corrected chi connectivity index (χ3v) is 6.56. The second-order valence-corrected chi connectivity index (χ2v) is 9.58. The zero-order chi connectivity index (χ0) is 35.7. The van der Waals surface area contributed by atoms with E-state index in [9.17, 15) is 14.7 Å². The molecule has 1 amide bonds. The fraction of sp³-hybridized carbons (Fsp3) is 0.300. The average Bonchev–Trinajstić information content (AvgIpc) is 2.97. The maximum Gasteiger partial charge on any atom is 0.355 e. The van der Waals surface area contributed by atoms with Gasteiger partial charge in [0, 0.05) is 35.9 Å². The van der Waals surface area contributed by atoms with Gasteiger partial charge in [-0.1, -0.05) is 26.5 Å². The number of aryl methyl sites for hydroxylation is 1. The van der Waals surface area contributed by atoms with Crippen LogP contribution in [0.4, 0.5) is 14.6 Å². The van der Waals surface area contributed by atoms with Crippen LogP contribution in [0.3, 0.4) is 0 Å². The zero-order valence-electron chi connectivity index (χ0n) is 29.3. The number of hydrogen-bond acceptors (Lipinski definition) is 7. The Hall–Kier alpha value is -4.67. The fourth-order valence-electron chi connectivity index (χ4n) is 4.64. The smallest absolute Gasteiger partial charge is 0.355 e. The van der Waals surface area contributed by atoms with E-state index >= 15 is 8.78 Å². The summed E-state index contributed by atoms with van der Waals surface area (Å²) in [6.45, 7) is -1.92. The summed E-state index contributed by atoms with van der Waals surface area (Å²) in [7, 11) is 0. The van der Waals surface area contributed by atoms with Gasteiger partial charge in [-0.25, -0.2) is 23.1 Å². The average molecular weight is 568 g/mol. The molecule has 0 aliphatic carbocycles. The van der Waals surface area contributed by atoms with Crippen LogP contribution in [0.1, 0.15) is 47.5 Å². The summed E-state index contributed by atoms with van der Waals surface area (Å²) in [5.41, 5.74) is -1.98. The van der Waals surface area contributed by atoms with E-state index in [1.54, 1.807) is 26.8 Å². The number of phenols is 1. The number of halogens is 2. The summed E-state index contributed by atoms with van der Waals surface area (Å²) < 4.78 is 92.1. The maximum atomic E-state index is 16.1. The molecule has 0 radical (unpaired) electrons. The summed E-state index contributed by atoms with van der Waals surface area (Å²) in [4.78, 5) is 40.3. The van der Waals surface area contributed by atoms with Gasteiger partial charge in [-0.3, -0.25) is 9.78 Å². The number of benzene rings is 1. The van der Waals surface area contributed by atoms with Gasteiger partial charge in [0.15, 0.2) is 11.5 Å². The Balaban J connectivity index is 1.97. The van der Waals surface area contributed by atoms with Gasteiger partial charge in [-0.2, -0.15) is 4.98 Å². The predicted octanol–water partition coefficient (Wildman–Crippen LogP) is 4.48. The molecule has 5 rings (SSSR count). The summed E-state index contributed by atoms with van der Waals surface area (Å²) in [6.07, 6.45) is 2.21. The number of rotatable bonds is 5. The molecule has 41 heavy (non-hydrogen) atoms. The Morgan fingerprint density at radius 1 is 1.27 bits per heavy atom. The van der Waals surface area contributed by atoms with E-state index in [-0.39, 0.29) is 11.6 Å². The van der Waals surface area contributed by atoms with Crippen molar-refractivity contribution in [3.05, 3.63) is 82.6 Å². The monoisotopic (exact) mass is 567 g/mol. The van der Waals surface area contributed by atoms with Crippen LogP contribution >= 0.6 is 0 Å². The number of hydrogen-bond donors (Lipinski definition) is 1. The topological polar surface area (TPSA) is 104 Å². The minimum absolute atomic E-state index is 0.163. The van der Waals surface area contributed by atoms with Crippen molar-refractivity contribution in [1.82, 2.24) is 24.4 Å². The van der Waals surface area contributed by atoms with E-state index in [0.29, 0.717) is 27.1 Å². The van der Waals surface area contributed by atoms with E-state index in [0.717, 1.165) is 22.8 Å². The number of aromatic hydroxyl groups is 1. The third-order valence-electron chi connectivity index (χ3n) is 6.56. The van der Waals surface area contributed by atoms with Crippen molar-refractivity contribution < 1.29 is 28.3 Å². The Bertz CT molecular complexity index is 2020. The van der Waals surface area contributed by atoms with Crippen LogP contribution in [0, 0.1) is 18.6 Å². The molecular formula is C30H30F2N6O3. The van der Waals surface area contributed by atoms with Crippen LogP contribution < -0.4 is 10.6 Å². The van der Waals surface area contributed by atoms with Gasteiger partial charge in [0.1, 0.15) is 23.1 Å². The Labute approximate surface area is 245 Å². The van der Waals surface area contributed by atoms with Gasteiger partial charge in [0.2, 0.25) is 5.91 Å². The molecule has 0 saturated carbocycles. The van der Waals surface area contributed by atoms with Gasteiger partial charge < -0.3 is 14.9 Å². The van der Waals surface area contributed by atoms with Crippen LogP contribution in [0.25, 0.3) is 28.0 Å². The lowest BCUT2D eigenvalue weighted by Crippen LogP contribution is -2.54. The first-order chi connectivity index (χ1) is 22.2. The highest BCUT2D eigenvalue weighted by atomic mass is 19.1. The van der Waals surface area contributed by atoms with Crippen molar-refractivity contribution in [2.75, 3.05) is 24.4 Å². The van der Waals surface area contributed by atoms with Gasteiger partial charge in [-0.15, -0.1) is 0 Å². The molecule has 4 aromatic rings. The number of carbonyl (C=O) groups excluding carboxylic acids is 1. The number of phenolic OH excluding ortho intramolecular Hbond substituents is 1. The lowest BCUT2D eigenvalue weighted by Gasteiger charge is -2.40. The highest BCUT2D eigenvalue weighted by Crippen LogP contribution is 2.36. The molecule has 11 heteroatoms. The number of piperazine rings is 1. The van der Waals surface area contributed by atoms with Crippen molar-refractivity contribution in [3.8, 4) is 22.7 Å². The number of fused-ring (bicyclic) bond motifs is 1. The number of amides is 1. The minimum atomic E-state index is -3.37. The van der Waals surface area contributed by atoms with Crippen molar-refractivity contribution in [1.29, 1.82) is 0 Å². The first kappa shape index (κ1) is 20.2. The predicted molar refractivity (Wildman–Crippen MR) is 152 cm³/mol. The highest BCUT2D eigenvalue weighted by Gasteiger charge is 2.31. The Kier molecular flexibility index (Phi) is 5.29. The quantitative estimate of drug-likeness (QED) is 0.355. The summed E-state index contributed by atoms with van der Waals surface area (Å²) in [5, 5.41) is 10.0. The number of aromatic nitrogens is 4. The molecular weight excluding hydrogens is 530 g/mol. The molecule has 1 aliphatic rings. The van der Waals surface area contributed by atoms with Crippen molar-refractivity contribution >= 4 is 22.8 Å². The van der Waals surface area contributed by atoms with Crippen molar-refractivity contribution in [2.45, 2.75) is 39.6 Å². The van der Waals surface area contributed by atoms with E-state index < -0.39 is 89.5 Å². The molecule has 0 bridgehead atoms. The van der Waals surface area contributed by atoms with E-state index in [1.165, 1.54) is 12.3 Å². The van der Waals surface area contributed by atoms with E-state index in [2.05, 4.69) is 21.5 Å². The molecule has 1 saturated heterocycles.